The lowest BCUT2D eigenvalue weighted by Crippen LogP contribution is -2.56. The second-order valence-corrected chi connectivity index (χ2v) is 7.60. The molecular formula is C14H24N4O5S. The first kappa shape index (κ1) is 20.1. The number of aromatic nitrogens is 2. The molecular weight excluding hydrogens is 336 g/mol. The highest BCUT2D eigenvalue weighted by atomic mass is 32.2. The normalized spacial score (nSPS) is 15.6. The second-order valence-electron chi connectivity index (χ2n) is 5.95. The van der Waals surface area contributed by atoms with Gasteiger partial charge in [0.15, 0.2) is 0 Å². The highest BCUT2D eigenvalue weighted by Crippen LogP contribution is 2.19. The Morgan fingerprint density at radius 2 is 1.92 bits per heavy atom. The zero-order chi connectivity index (χ0) is 18.9. The van der Waals surface area contributed by atoms with Crippen LogP contribution in [0.1, 0.15) is 38.6 Å². The third-order valence-corrected chi connectivity index (χ3v) is 5.81. The van der Waals surface area contributed by atoms with E-state index in [1.165, 1.54) is 18.5 Å². The molecule has 24 heavy (non-hydrogen) atoms. The first-order valence-corrected chi connectivity index (χ1v) is 8.92. The average molecular weight is 360 g/mol. The van der Waals surface area contributed by atoms with Crippen LogP contribution in [0.25, 0.3) is 0 Å². The summed E-state index contributed by atoms with van der Waals surface area (Å²) in [5.41, 5.74) is -0.702. The van der Waals surface area contributed by atoms with E-state index in [0.29, 0.717) is 11.4 Å². The van der Waals surface area contributed by atoms with E-state index in [0.717, 1.165) is 0 Å². The molecule has 0 aromatic carbocycles. The number of carboxylic acid groups (broad SMARTS) is 1. The number of rotatable bonds is 7. The Bertz CT molecular complexity index is 755. The van der Waals surface area contributed by atoms with Gasteiger partial charge in [-0.1, -0.05) is 6.92 Å². The van der Waals surface area contributed by atoms with Gasteiger partial charge in [0.05, 0.1) is 17.4 Å². The van der Waals surface area contributed by atoms with Gasteiger partial charge in [-0.2, -0.15) is 9.82 Å². The summed E-state index contributed by atoms with van der Waals surface area (Å²) >= 11 is 0. The molecule has 0 aliphatic rings. The first-order valence-electron chi connectivity index (χ1n) is 7.43. The molecule has 0 radical (unpaired) electrons. The summed E-state index contributed by atoms with van der Waals surface area (Å²) in [5.74, 6) is -1.91. The van der Waals surface area contributed by atoms with Crippen molar-refractivity contribution in [2.75, 3.05) is 0 Å². The topological polar surface area (TPSA) is 130 Å². The number of sulfonamides is 1. The molecule has 9 nitrogen and oxygen atoms in total. The monoisotopic (exact) mass is 360 g/mol. The number of carboxylic acids is 1. The predicted molar refractivity (Wildman–Crippen MR) is 86.9 cm³/mol. The van der Waals surface area contributed by atoms with Crippen molar-refractivity contribution in [3.8, 4) is 0 Å². The standard InChI is InChI=1S/C14H24N4O5S/c1-7-14(5,13(20)21)15-12(19)9(3)17-24(22,23)11-8(2)16-18(6)10(11)4/h9,17H,7H2,1-6H3,(H,15,19)(H,20,21). The van der Waals surface area contributed by atoms with Crippen LogP contribution in [0.4, 0.5) is 0 Å². The van der Waals surface area contributed by atoms with E-state index in [4.69, 9.17) is 0 Å². The average Bonchev–Trinajstić information content (AvgIpc) is 2.71. The second kappa shape index (κ2) is 6.89. The molecule has 1 heterocycles. The van der Waals surface area contributed by atoms with E-state index >= 15 is 0 Å². The van der Waals surface area contributed by atoms with Gasteiger partial charge in [0.2, 0.25) is 15.9 Å². The molecule has 1 rings (SSSR count). The molecule has 2 atom stereocenters. The molecule has 0 bridgehead atoms. The van der Waals surface area contributed by atoms with E-state index in [2.05, 4.69) is 15.1 Å². The summed E-state index contributed by atoms with van der Waals surface area (Å²) < 4.78 is 28.7. The highest BCUT2D eigenvalue weighted by Gasteiger charge is 2.35. The molecule has 0 saturated heterocycles. The summed E-state index contributed by atoms with van der Waals surface area (Å²) in [6.45, 7) is 7.50. The number of carbonyl (C=O) groups excluding carboxylic acids is 1. The number of nitrogens with one attached hydrogen (secondary N) is 2. The number of amides is 1. The smallest absolute Gasteiger partial charge is 0.329 e. The molecule has 136 valence electrons. The lowest BCUT2D eigenvalue weighted by atomic mass is 9.99. The first-order chi connectivity index (χ1) is 10.9. The lowest BCUT2D eigenvalue weighted by Gasteiger charge is -2.26. The fourth-order valence-electron chi connectivity index (χ4n) is 2.16. The molecule has 0 fully saturated rings. The number of carbonyl (C=O) groups is 2. The maximum absolute atomic E-state index is 12.5. The molecule has 0 aliphatic heterocycles. The van der Waals surface area contributed by atoms with Crippen LogP contribution >= 0.6 is 0 Å². The van der Waals surface area contributed by atoms with Gasteiger partial charge in [-0.3, -0.25) is 9.48 Å². The Labute approximate surface area is 141 Å². The van der Waals surface area contributed by atoms with Crippen molar-refractivity contribution in [3.05, 3.63) is 11.4 Å². The largest absolute Gasteiger partial charge is 0.480 e. The Kier molecular flexibility index (Phi) is 5.78. The van der Waals surface area contributed by atoms with Gasteiger partial charge in [-0.25, -0.2) is 13.2 Å². The molecule has 0 spiro atoms. The van der Waals surface area contributed by atoms with E-state index in [1.807, 2.05) is 0 Å². The number of nitrogens with zero attached hydrogens (tertiary/aromatic N) is 2. The van der Waals surface area contributed by atoms with Crippen molar-refractivity contribution in [2.24, 2.45) is 7.05 Å². The maximum atomic E-state index is 12.5. The minimum absolute atomic E-state index is 0.0149. The molecule has 1 aromatic heterocycles. The molecule has 10 heteroatoms. The molecule has 0 saturated carbocycles. The number of hydrogen-bond acceptors (Lipinski definition) is 5. The van der Waals surface area contributed by atoms with Gasteiger partial charge in [0, 0.05) is 7.05 Å². The van der Waals surface area contributed by atoms with Crippen LogP contribution in [0.15, 0.2) is 4.90 Å². The lowest BCUT2D eigenvalue weighted by molar-refractivity contribution is -0.147. The Morgan fingerprint density at radius 3 is 2.29 bits per heavy atom. The quantitative estimate of drug-likeness (QED) is 0.631. The van der Waals surface area contributed by atoms with Crippen molar-refractivity contribution in [2.45, 2.75) is 57.5 Å². The summed E-state index contributed by atoms with van der Waals surface area (Å²) in [6.07, 6.45) is 0.161. The minimum Gasteiger partial charge on any atom is -0.480 e. The van der Waals surface area contributed by atoms with Crippen molar-refractivity contribution >= 4 is 21.9 Å². The van der Waals surface area contributed by atoms with Crippen molar-refractivity contribution in [1.82, 2.24) is 19.8 Å². The zero-order valence-corrected chi connectivity index (χ0v) is 15.5. The summed E-state index contributed by atoms with van der Waals surface area (Å²) in [7, 11) is -2.35. The van der Waals surface area contributed by atoms with Crippen molar-refractivity contribution in [3.63, 3.8) is 0 Å². The molecule has 1 aromatic rings. The van der Waals surface area contributed by atoms with Gasteiger partial charge in [-0.05, 0) is 34.1 Å². The van der Waals surface area contributed by atoms with Crippen LogP contribution in [0, 0.1) is 13.8 Å². The maximum Gasteiger partial charge on any atom is 0.329 e. The Balaban J connectivity index is 2.99. The Hall–Kier alpha value is -1.94. The van der Waals surface area contributed by atoms with Gasteiger partial charge in [0.1, 0.15) is 10.4 Å². The SMILES string of the molecule is CCC(C)(NC(=O)C(C)NS(=O)(=O)c1c(C)nn(C)c1C)C(=O)O. The molecule has 3 N–H and O–H groups in total. The van der Waals surface area contributed by atoms with Gasteiger partial charge >= 0.3 is 5.97 Å². The van der Waals surface area contributed by atoms with E-state index in [-0.39, 0.29) is 11.3 Å². The molecule has 1 amide bonds. The highest BCUT2D eigenvalue weighted by molar-refractivity contribution is 7.89. The van der Waals surface area contributed by atoms with E-state index in [1.54, 1.807) is 27.8 Å². The van der Waals surface area contributed by atoms with E-state index < -0.39 is 33.5 Å². The minimum atomic E-state index is -3.97. The third-order valence-electron chi connectivity index (χ3n) is 4.01. The fraction of sp³-hybridized carbons (Fsp3) is 0.643. The fourth-order valence-corrected chi connectivity index (χ4v) is 3.80. The summed E-state index contributed by atoms with van der Waals surface area (Å²) in [4.78, 5) is 23.4. The third kappa shape index (κ3) is 3.93. The zero-order valence-electron chi connectivity index (χ0n) is 14.7. The van der Waals surface area contributed by atoms with E-state index in [9.17, 15) is 23.1 Å². The summed E-state index contributed by atoms with van der Waals surface area (Å²) in [5, 5.41) is 15.6. The molecule has 2 unspecified atom stereocenters. The van der Waals surface area contributed by atoms with Crippen LogP contribution in [0.2, 0.25) is 0 Å². The van der Waals surface area contributed by atoms with Gasteiger partial charge < -0.3 is 10.4 Å². The van der Waals surface area contributed by atoms with Gasteiger partial charge in [-0.15, -0.1) is 0 Å². The van der Waals surface area contributed by atoms with Crippen LogP contribution in [0.3, 0.4) is 0 Å². The van der Waals surface area contributed by atoms with Crippen LogP contribution in [-0.2, 0) is 26.7 Å². The number of hydrogen-bond donors (Lipinski definition) is 3. The Morgan fingerprint density at radius 1 is 1.38 bits per heavy atom. The number of aryl methyl sites for hydroxylation is 2. The van der Waals surface area contributed by atoms with Crippen molar-refractivity contribution < 1.29 is 23.1 Å². The molecule has 0 aliphatic carbocycles. The van der Waals surface area contributed by atoms with Crippen LogP contribution in [0.5, 0.6) is 0 Å². The van der Waals surface area contributed by atoms with Gasteiger partial charge in [0.25, 0.3) is 0 Å². The number of aliphatic carboxylic acids is 1. The van der Waals surface area contributed by atoms with Crippen LogP contribution in [-0.4, -0.2) is 46.8 Å². The van der Waals surface area contributed by atoms with Crippen molar-refractivity contribution in [1.29, 1.82) is 0 Å². The predicted octanol–water partition coefficient (Wildman–Crippen LogP) is 0.0732. The summed E-state index contributed by atoms with van der Waals surface area (Å²) in [6, 6.07) is -1.14. The van der Waals surface area contributed by atoms with Crippen LogP contribution < -0.4 is 10.0 Å².